The zero-order valence-electron chi connectivity index (χ0n) is 18.2. The third-order valence-corrected chi connectivity index (χ3v) is 6.74. The number of hydrogen-bond donors (Lipinski definition) is 2. The van der Waals surface area contributed by atoms with E-state index < -0.39 is 5.97 Å². The number of anilines is 1. The molecular formula is C26H33N3O2. The first-order valence-electron chi connectivity index (χ1n) is 11.7. The molecule has 0 aliphatic heterocycles. The Balaban J connectivity index is 1.37. The van der Waals surface area contributed by atoms with E-state index in [1.54, 1.807) is 12.1 Å². The van der Waals surface area contributed by atoms with Gasteiger partial charge in [0.25, 0.3) is 0 Å². The summed E-state index contributed by atoms with van der Waals surface area (Å²) in [5.41, 5.74) is 2.45. The molecule has 1 fully saturated rings. The summed E-state index contributed by atoms with van der Waals surface area (Å²) in [7, 11) is 0. The van der Waals surface area contributed by atoms with E-state index in [4.69, 9.17) is 10.1 Å². The topological polar surface area (TPSA) is 75.1 Å². The van der Waals surface area contributed by atoms with Crippen molar-refractivity contribution in [2.24, 2.45) is 11.8 Å². The first kappa shape index (κ1) is 21.5. The van der Waals surface area contributed by atoms with Crippen molar-refractivity contribution in [2.75, 3.05) is 5.32 Å². The zero-order chi connectivity index (χ0) is 21.5. The van der Waals surface area contributed by atoms with Crippen LogP contribution in [0.5, 0.6) is 0 Å². The number of carboxylic acid groups (broad SMARTS) is 1. The number of rotatable bonds is 5. The van der Waals surface area contributed by atoms with Crippen LogP contribution in [0.4, 0.5) is 5.95 Å². The second-order valence-electron chi connectivity index (χ2n) is 9.02. The molecule has 2 aliphatic carbocycles. The average Bonchev–Trinajstić information content (AvgIpc) is 3.53. The van der Waals surface area contributed by atoms with Crippen molar-refractivity contribution in [2.45, 2.75) is 70.3 Å². The number of carbonyl (C=O) groups is 1. The van der Waals surface area contributed by atoms with E-state index >= 15 is 0 Å². The van der Waals surface area contributed by atoms with Crippen LogP contribution in [0, 0.1) is 11.8 Å². The molecule has 0 amide bonds. The Morgan fingerprint density at radius 3 is 2.58 bits per heavy atom. The van der Waals surface area contributed by atoms with Crippen LogP contribution in [-0.2, 0) is 6.54 Å². The number of fused-ring (bicyclic) bond motifs is 1. The van der Waals surface area contributed by atoms with Crippen molar-refractivity contribution >= 4 is 11.9 Å². The van der Waals surface area contributed by atoms with E-state index in [-0.39, 0.29) is 0 Å². The van der Waals surface area contributed by atoms with Gasteiger partial charge >= 0.3 is 5.97 Å². The van der Waals surface area contributed by atoms with Crippen molar-refractivity contribution in [1.29, 1.82) is 0 Å². The molecule has 0 radical (unpaired) electrons. The van der Waals surface area contributed by atoms with Crippen molar-refractivity contribution in [1.82, 2.24) is 9.97 Å². The minimum Gasteiger partial charge on any atom is -0.478 e. The maximum Gasteiger partial charge on any atom is 0.335 e. The van der Waals surface area contributed by atoms with Gasteiger partial charge in [0, 0.05) is 24.4 Å². The van der Waals surface area contributed by atoms with E-state index in [0.29, 0.717) is 24.0 Å². The van der Waals surface area contributed by atoms with Gasteiger partial charge in [0.1, 0.15) is 0 Å². The van der Waals surface area contributed by atoms with E-state index in [1.165, 1.54) is 51.4 Å². The minimum absolute atomic E-state index is 0.299. The summed E-state index contributed by atoms with van der Waals surface area (Å²) in [5, 5.41) is 12.3. The summed E-state index contributed by atoms with van der Waals surface area (Å²) in [6, 6.07) is 8.99. The van der Waals surface area contributed by atoms with E-state index in [9.17, 15) is 4.79 Å². The SMILES string of the molecule is O=C(O)c1ccc(CNc2nccc(C3CCCC=CCCC4CC4CCC3)n2)cc1. The number of carboxylic acids is 1. The van der Waals surface area contributed by atoms with Gasteiger partial charge in [-0.2, -0.15) is 0 Å². The predicted molar refractivity (Wildman–Crippen MR) is 123 cm³/mol. The molecule has 1 saturated carbocycles. The number of aromatic carboxylic acids is 1. The van der Waals surface area contributed by atoms with Gasteiger partial charge in [0.05, 0.1) is 5.56 Å². The molecule has 0 bridgehead atoms. The van der Waals surface area contributed by atoms with E-state index in [1.807, 2.05) is 18.3 Å². The van der Waals surface area contributed by atoms with Crippen LogP contribution in [0.1, 0.15) is 85.3 Å². The first-order valence-corrected chi connectivity index (χ1v) is 11.7. The normalized spacial score (nSPS) is 24.2. The summed E-state index contributed by atoms with van der Waals surface area (Å²) >= 11 is 0. The van der Waals surface area contributed by atoms with Crippen LogP contribution >= 0.6 is 0 Å². The Bertz CT molecular complexity index is 894. The van der Waals surface area contributed by atoms with Gasteiger partial charge in [-0.15, -0.1) is 0 Å². The molecule has 4 rings (SSSR count). The lowest BCUT2D eigenvalue weighted by molar-refractivity contribution is 0.0697. The smallest absolute Gasteiger partial charge is 0.335 e. The number of aromatic nitrogens is 2. The predicted octanol–water partition coefficient (Wildman–Crippen LogP) is 6.20. The lowest BCUT2D eigenvalue weighted by atomic mass is 9.92. The molecule has 1 heterocycles. The number of benzene rings is 1. The number of allylic oxidation sites excluding steroid dienone is 2. The molecule has 5 nitrogen and oxygen atoms in total. The standard InChI is InChI=1S/C26H33N3O2/c30-25(31)21-13-11-19(12-14-21)18-28-26-27-16-15-24(29-26)20-7-4-2-1-3-5-8-22-17-23(22)10-6-9-20/h1,3,11-16,20,22-23H,2,4-10,17-18H2,(H,30,31)(H,27,28,29). The van der Waals surface area contributed by atoms with Crippen LogP contribution < -0.4 is 5.32 Å². The summed E-state index contributed by atoms with van der Waals surface area (Å²) in [4.78, 5) is 20.2. The monoisotopic (exact) mass is 419 g/mol. The first-order chi connectivity index (χ1) is 15.2. The lowest BCUT2D eigenvalue weighted by Crippen LogP contribution is -2.08. The highest BCUT2D eigenvalue weighted by Gasteiger charge is 2.35. The molecule has 5 heteroatoms. The molecule has 1 aromatic heterocycles. The Labute approximate surface area is 185 Å². The third kappa shape index (κ3) is 6.39. The minimum atomic E-state index is -0.907. The van der Waals surface area contributed by atoms with Crippen LogP contribution in [0.2, 0.25) is 0 Å². The maximum atomic E-state index is 11.0. The fraction of sp³-hybridized carbons (Fsp3) is 0.500. The highest BCUT2D eigenvalue weighted by atomic mass is 16.4. The number of nitrogens with zero attached hydrogens (tertiary/aromatic N) is 2. The maximum absolute atomic E-state index is 11.0. The molecular weight excluding hydrogens is 386 g/mol. The summed E-state index contributed by atoms with van der Waals surface area (Å²) in [6.45, 7) is 0.571. The fourth-order valence-corrected chi connectivity index (χ4v) is 4.74. The van der Waals surface area contributed by atoms with Crippen LogP contribution in [0.25, 0.3) is 0 Å². The number of hydrogen-bond acceptors (Lipinski definition) is 4. The van der Waals surface area contributed by atoms with Gasteiger partial charge in [-0.05, 0) is 80.5 Å². The van der Waals surface area contributed by atoms with Crippen molar-refractivity contribution < 1.29 is 9.90 Å². The van der Waals surface area contributed by atoms with Gasteiger partial charge in [-0.1, -0.05) is 37.1 Å². The molecule has 2 aliphatic rings. The lowest BCUT2D eigenvalue weighted by Gasteiger charge is -2.17. The summed E-state index contributed by atoms with van der Waals surface area (Å²) < 4.78 is 0. The molecule has 3 atom stereocenters. The van der Waals surface area contributed by atoms with Gasteiger partial charge < -0.3 is 10.4 Å². The Morgan fingerprint density at radius 2 is 1.74 bits per heavy atom. The average molecular weight is 420 g/mol. The Kier molecular flexibility index (Phi) is 7.34. The van der Waals surface area contributed by atoms with Crippen molar-refractivity contribution in [3.05, 3.63) is 65.5 Å². The van der Waals surface area contributed by atoms with Crippen LogP contribution in [0.15, 0.2) is 48.7 Å². The molecule has 1 aromatic carbocycles. The van der Waals surface area contributed by atoms with Gasteiger partial charge in [0.2, 0.25) is 5.95 Å². The molecule has 2 aromatic rings. The molecule has 0 saturated heterocycles. The molecule has 31 heavy (non-hydrogen) atoms. The largest absolute Gasteiger partial charge is 0.478 e. The second kappa shape index (κ2) is 10.6. The highest BCUT2D eigenvalue weighted by molar-refractivity contribution is 5.87. The van der Waals surface area contributed by atoms with E-state index in [2.05, 4.69) is 28.5 Å². The second-order valence-corrected chi connectivity index (χ2v) is 9.02. The van der Waals surface area contributed by atoms with Crippen molar-refractivity contribution in [3.63, 3.8) is 0 Å². The van der Waals surface area contributed by atoms with Crippen LogP contribution in [0.3, 0.4) is 0 Å². The summed E-state index contributed by atoms with van der Waals surface area (Å²) in [6.07, 6.45) is 18.1. The van der Waals surface area contributed by atoms with Gasteiger partial charge in [0.15, 0.2) is 0 Å². The molecule has 2 N–H and O–H groups in total. The number of nitrogens with one attached hydrogen (secondary N) is 1. The quantitative estimate of drug-likeness (QED) is 0.565. The molecule has 3 unspecified atom stereocenters. The molecule has 164 valence electrons. The van der Waals surface area contributed by atoms with Gasteiger partial charge in [-0.3, -0.25) is 0 Å². The van der Waals surface area contributed by atoms with E-state index in [0.717, 1.165) is 29.5 Å². The highest BCUT2D eigenvalue weighted by Crippen LogP contribution is 2.46. The zero-order valence-corrected chi connectivity index (χ0v) is 18.2. The Morgan fingerprint density at radius 1 is 0.968 bits per heavy atom. The summed E-state index contributed by atoms with van der Waals surface area (Å²) in [5.74, 6) is 2.17. The van der Waals surface area contributed by atoms with Gasteiger partial charge in [-0.25, -0.2) is 14.8 Å². The van der Waals surface area contributed by atoms with Crippen LogP contribution in [-0.4, -0.2) is 21.0 Å². The Hall–Kier alpha value is -2.69. The van der Waals surface area contributed by atoms with Crippen molar-refractivity contribution in [3.8, 4) is 0 Å². The molecule has 0 spiro atoms. The third-order valence-electron chi connectivity index (χ3n) is 6.74. The fourth-order valence-electron chi connectivity index (χ4n) is 4.74.